The monoisotopic (exact) mass is 286 g/mol. The zero-order valence-electron chi connectivity index (χ0n) is 12.5. The van der Waals surface area contributed by atoms with Crippen LogP contribution in [0.25, 0.3) is 0 Å². The van der Waals surface area contributed by atoms with Crippen LogP contribution in [0.3, 0.4) is 0 Å². The molecule has 3 rings (SSSR count). The molecule has 1 saturated carbocycles. The Balaban J connectivity index is 1.88. The minimum absolute atomic E-state index is 0.0238. The molecular formula is C17H22N2O2. The Labute approximate surface area is 125 Å². The standard InChI is InChI=1S/C17H22N2O2/c1-2-19-15(20)11-12-7-3-6-10-14(12)16(19)17(21)18-13-8-4-5-9-13/h3,6-7,10,13,16H,2,4-5,8-9,11H2,1H3,(H,18,21). The predicted molar refractivity (Wildman–Crippen MR) is 80.7 cm³/mol. The van der Waals surface area contributed by atoms with Crippen molar-refractivity contribution < 1.29 is 9.59 Å². The van der Waals surface area contributed by atoms with Gasteiger partial charge in [-0.3, -0.25) is 9.59 Å². The van der Waals surface area contributed by atoms with E-state index in [-0.39, 0.29) is 17.9 Å². The van der Waals surface area contributed by atoms with Gasteiger partial charge in [0.25, 0.3) is 0 Å². The molecule has 1 atom stereocenters. The lowest BCUT2D eigenvalue weighted by atomic mass is 9.91. The maximum atomic E-state index is 12.7. The van der Waals surface area contributed by atoms with Gasteiger partial charge in [-0.1, -0.05) is 37.1 Å². The summed E-state index contributed by atoms with van der Waals surface area (Å²) < 4.78 is 0. The summed E-state index contributed by atoms with van der Waals surface area (Å²) in [5.74, 6) is 0.0204. The topological polar surface area (TPSA) is 49.4 Å². The number of rotatable bonds is 3. The number of likely N-dealkylation sites (N-methyl/N-ethyl adjacent to an activating group) is 1. The summed E-state index contributed by atoms with van der Waals surface area (Å²) in [4.78, 5) is 26.7. The van der Waals surface area contributed by atoms with Crippen LogP contribution in [0.4, 0.5) is 0 Å². The Morgan fingerprint density at radius 2 is 2.00 bits per heavy atom. The maximum absolute atomic E-state index is 12.7. The van der Waals surface area contributed by atoms with Crippen molar-refractivity contribution in [2.24, 2.45) is 0 Å². The second kappa shape index (κ2) is 5.88. The summed E-state index contributed by atoms with van der Waals surface area (Å²) in [6.45, 7) is 2.50. The number of fused-ring (bicyclic) bond motifs is 1. The van der Waals surface area contributed by atoms with Gasteiger partial charge < -0.3 is 10.2 Å². The summed E-state index contributed by atoms with van der Waals surface area (Å²) in [6, 6.07) is 7.62. The van der Waals surface area contributed by atoms with Gasteiger partial charge in [-0.05, 0) is 30.9 Å². The molecule has 2 amide bonds. The summed E-state index contributed by atoms with van der Waals surface area (Å²) in [5, 5.41) is 3.14. The molecule has 0 radical (unpaired) electrons. The van der Waals surface area contributed by atoms with Gasteiger partial charge in [0, 0.05) is 12.6 Å². The van der Waals surface area contributed by atoms with E-state index in [0.29, 0.717) is 13.0 Å². The summed E-state index contributed by atoms with van der Waals surface area (Å²) in [6.07, 6.45) is 4.88. The molecule has 0 spiro atoms. The molecule has 21 heavy (non-hydrogen) atoms. The lowest BCUT2D eigenvalue weighted by molar-refractivity contribution is -0.141. The summed E-state index contributed by atoms with van der Waals surface area (Å²) in [7, 11) is 0. The largest absolute Gasteiger partial charge is 0.351 e. The first-order valence-electron chi connectivity index (χ1n) is 7.88. The average Bonchev–Trinajstić information content (AvgIpc) is 2.98. The van der Waals surface area contributed by atoms with E-state index in [4.69, 9.17) is 0 Å². The van der Waals surface area contributed by atoms with Crippen LogP contribution in [0, 0.1) is 0 Å². The number of carbonyl (C=O) groups is 2. The molecule has 1 N–H and O–H groups in total. The molecular weight excluding hydrogens is 264 g/mol. The van der Waals surface area contributed by atoms with Crippen molar-refractivity contribution in [3.8, 4) is 0 Å². The van der Waals surface area contributed by atoms with Gasteiger partial charge in [0.2, 0.25) is 11.8 Å². The smallest absolute Gasteiger partial charge is 0.247 e. The minimum atomic E-state index is -0.465. The molecule has 1 aromatic carbocycles. The molecule has 1 aromatic rings. The van der Waals surface area contributed by atoms with Crippen molar-refractivity contribution in [1.82, 2.24) is 10.2 Å². The van der Waals surface area contributed by atoms with Crippen LogP contribution in [0.15, 0.2) is 24.3 Å². The third-order valence-corrected chi connectivity index (χ3v) is 4.61. The second-order valence-corrected chi connectivity index (χ2v) is 5.95. The van der Waals surface area contributed by atoms with E-state index in [1.165, 1.54) is 12.8 Å². The quantitative estimate of drug-likeness (QED) is 0.926. The van der Waals surface area contributed by atoms with E-state index in [9.17, 15) is 9.59 Å². The number of benzene rings is 1. The van der Waals surface area contributed by atoms with E-state index >= 15 is 0 Å². The summed E-state index contributed by atoms with van der Waals surface area (Å²) in [5.41, 5.74) is 1.97. The van der Waals surface area contributed by atoms with E-state index < -0.39 is 6.04 Å². The number of amides is 2. The van der Waals surface area contributed by atoms with E-state index in [1.54, 1.807) is 4.90 Å². The van der Waals surface area contributed by atoms with Crippen LogP contribution in [-0.2, 0) is 16.0 Å². The van der Waals surface area contributed by atoms with Gasteiger partial charge in [-0.2, -0.15) is 0 Å². The van der Waals surface area contributed by atoms with Crippen LogP contribution >= 0.6 is 0 Å². The Kier molecular flexibility index (Phi) is 3.95. The molecule has 112 valence electrons. The zero-order valence-corrected chi connectivity index (χ0v) is 12.5. The Hall–Kier alpha value is -1.84. The third kappa shape index (κ3) is 2.67. The van der Waals surface area contributed by atoms with Crippen LogP contribution in [-0.4, -0.2) is 29.3 Å². The van der Waals surface area contributed by atoms with Crippen molar-refractivity contribution in [2.45, 2.75) is 51.1 Å². The van der Waals surface area contributed by atoms with Crippen molar-refractivity contribution in [3.05, 3.63) is 35.4 Å². The first-order chi connectivity index (χ1) is 10.2. The van der Waals surface area contributed by atoms with E-state index in [0.717, 1.165) is 24.0 Å². The molecule has 2 aliphatic rings. The third-order valence-electron chi connectivity index (χ3n) is 4.61. The molecule has 4 nitrogen and oxygen atoms in total. The fourth-order valence-corrected chi connectivity index (χ4v) is 3.53. The molecule has 0 saturated heterocycles. The molecule has 0 bridgehead atoms. The summed E-state index contributed by atoms with van der Waals surface area (Å²) >= 11 is 0. The highest BCUT2D eigenvalue weighted by Gasteiger charge is 2.36. The van der Waals surface area contributed by atoms with Crippen molar-refractivity contribution in [2.75, 3.05) is 6.54 Å². The highest BCUT2D eigenvalue weighted by Crippen LogP contribution is 2.31. The van der Waals surface area contributed by atoms with Crippen molar-refractivity contribution >= 4 is 11.8 Å². The van der Waals surface area contributed by atoms with Gasteiger partial charge in [0.1, 0.15) is 6.04 Å². The Morgan fingerprint density at radius 1 is 1.29 bits per heavy atom. The number of nitrogens with one attached hydrogen (secondary N) is 1. The average molecular weight is 286 g/mol. The number of carbonyl (C=O) groups excluding carboxylic acids is 2. The fourth-order valence-electron chi connectivity index (χ4n) is 3.53. The predicted octanol–water partition coefficient (Wildman–Crippen LogP) is 2.19. The lowest BCUT2D eigenvalue weighted by Gasteiger charge is -2.36. The van der Waals surface area contributed by atoms with Crippen molar-refractivity contribution in [1.29, 1.82) is 0 Å². The van der Waals surface area contributed by atoms with Crippen LogP contribution in [0.2, 0.25) is 0 Å². The Bertz CT molecular complexity index is 549. The van der Waals surface area contributed by atoms with Gasteiger partial charge in [-0.15, -0.1) is 0 Å². The SMILES string of the molecule is CCN1C(=O)Cc2ccccc2C1C(=O)NC1CCCC1. The minimum Gasteiger partial charge on any atom is -0.351 e. The molecule has 1 aliphatic heterocycles. The highest BCUT2D eigenvalue weighted by molar-refractivity contribution is 5.92. The highest BCUT2D eigenvalue weighted by atomic mass is 16.2. The van der Waals surface area contributed by atoms with E-state index in [1.807, 2.05) is 31.2 Å². The molecule has 4 heteroatoms. The normalized spacial score (nSPS) is 22.2. The van der Waals surface area contributed by atoms with Gasteiger partial charge >= 0.3 is 0 Å². The first kappa shape index (κ1) is 14.1. The number of nitrogens with zero attached hydrogens (tertiary/aromatic N) is 1. The Morgan fingerprint density at radius 3 is 2.71 bits per heavy atom. The molecule has 1 fully saturated rings. The number of hydrogen-bond donors (Lipinski definition) is 1. The molecule has 1 heterocycles. The lowest BCUT2D eigenvalue weighted by Crippen LogP contribution is -2.49. The second-order valence-electron chi connectivity index (χ2n) is 5.95. The maximum Gasteiger partial charge on any atom is 0.247 e. The molecule has 1 aliphatic carbocycles. The van der Waals surface area contributed by atoms with E-state index in [2.05, 4.69) is 5.32 Å². The fraction of sp³-hybridized carbons (Fsp3) is 0.529. The van der Waals surface area contributed by atoms with Crippen LogP contribution in [0.1, 0.15) is 49.8 Å². The molecule has 0 aromatic heterocycles. The molecule has 1 unspecified atom stereocenters. The first-order valence-corrected chi connectivity index (χ1v) is 7.88. The zero-order chi connectivity index (χ0) is 14.8. The van der Waals surface area contributed by atoms with Crippen LogP contribution < -0.4 is 5.32 Å². The van der Waals surface area contributed by atoms with Crippen LogP contribution in [0.5, 0.6) is 0 Å². The van der Waals surface area contributed by atoms with Gasteiger partial charge in [0.05, 0.1) is 6.42 Å². The number of hydrogen-bond acceptors (Lipinski definition) is 2. The van der Waals surface area contributed by atoms with Gasteiger partial charge in [-0.25, -0.2) is 0 Å². The van der Waals surface area contributed by atoms with Gasteiger partial charge in [0.15, 0.2) is 0 Å². The van der Waals surface area contributed by atoms with Crippen molar-refractivity contribution in [3.63, 3.8) is 0 Å².